The lowest BCUT2D eigenvalue weighted by Gasteiger charge is -2.31. The highest BCUT2D eigenvalue weighted by molar-refractivity contribution is 5.53. The maximum atomic E-state index is 6.51. The molecule has 1 aliphatic carbocycles. The minimum absolute atomic E-state index is 0.309. The minimum Gasteiger partial charge on any atom is -0.497 e. The Morgan fingerprint density at radius 2 is 1.67 bits per heavy atom. The molecule has 4 rings (SSSR count). The summed E-state index contributed by atoms with van der Waals surface area (Å²) in [6.07, 6.45) is 0.994. The molecule has 2 aromatic carbocycles. The highest BCUT2D eigenvalue weighted by atomic mass is 16.5. The number of rotatable bonds is 4. The Balaban J connectivity index is 1.78. The number of hydrogen-bond donors (Lipinski definition) is 0. The van der Waals surface area contributed by atoms with E-state index in [1.165, 1.54) is 5.56 Å². The van der Waals surface area contributed by atoms with Gasteiger partial charge in [0.15, 0.2) is 0 Å². The summed E-state index contributed by atoms with van der Waals surface area (Å²) < 4.78 is 22.8. The minimum atomic E-state index is -0.309. The number of benzene rings is 2. The third-order valence-electron chi connectivity index (χ3n) is 5.43. The molecule has 1 heterocycles. The molecule has 1 fully saturated rings. The number of hydrogen-bond acceptors (Lipinski definition) is 4. The quantitative estimate of drug-likeness (QED) is 0.847. The SMILES string of the molecule is COc1ccc2c(c1)OC1(c3ccc(OC)cc3OC)CC1C2C. The van der Waals surface area contributed by atoms with Crippen molar-refractivity contribution in [1.82, 2.24) is 0 Å². The Labute approximate surface area is 142 Å². The normalized spacial score (nSPS) is 26.7. The van der Waals surface area contributed by atoms with Gasteiger partial charge in [-0.2, -0.15) is 0 Å². The first-order valence-corrected chi connectivity index (χ1v) is 8.22. The first-order chi connectivity index (χ1) is 11.6. The van der Waals surface area contributed by atoms with Crippen molar-refractivity contribution in [3.05, 3.63) is 47.5 Å². The van der Waals surface area contributed by atoms with Gasteiger partial charge in [0.1, 0.15) is 28.6 Å². The van der Waals surface area contributed by atoms with Crippen molar-refractivity contribution in [3.63, 3.8) is 0 Å². The van der Waals surface area contributed by atoms with E-state index in [9.17, 15) is 0 Å². The van der Waals surface area contributed by atoms with E-state index in [1.807, 2.05) is 24.3 Å². The molecule has 0 radical (unpaired) electrons. The Morgan fingerprint density at radius 3 is 2.38 bits per heavy atom. The number of methoxy groups -OCH3 is 3. The highest BCUT2D eigenvalue weighted by Crippen LogP contribution is 2.66. The molecule has 0 spiro atoms. The topological polar surface area (TPSA) is 36.9 Å². The molecule has 0 amide bonds. The van der Waals surface area contributed by atoms with Gasteiger partial charge in [-0.05, 0) is 36.1 Å². The van der Waals surface area contributed by atoms with E-state index in [4.69, 9.17) is 18.9 Å². The van der Waals surface area contributed by atoms with Gasteiger partial charge in [0.05, 0.1) is 21.3 Å². The zero-order valence-corrected chi connectivity index (χ0v) is 14.5. The molecule has 2 aromatic rings. The summed E-state index contributed by atoms with van der Waals surface area (Å²) in [5.41, 5.74) is 2.04. The zero-order valence-electron chi connectivity index (χ0n) is 14.5. The molecule has 1 aliphatic heterocycles. The third kappa shape index (κ3) is 2.05. The van der Waals surface area contributed by atoms with Gasteiger partial charge in [0.25, 0.3) is 0 Å². The van der Waals surface area contributed by atoms with Gasteiger partial charge >= 0.3 is 0 Å². The van der Waals surface area contributed by atoms with Crippen molar-refractivity contribution < 1.29 is 18.9 Å². The molecule has 0 bridgehead atoms. The Hall–Kier alpha value is -2.36. The summed E-state index contributed by atoms with van der Waals surface area (Å²) in [5.74, 6) is 4.23. The molecule has 3 atom stereocenters. The Morgan fingerprint density at radius 1 is 0.958 bits per heavy atom. The van der Waals surface area contributed by atoms with Crippen LogP contribution in [0.25, 0.3) is 0 Å². The van der Waals surface area contributed by atoms with Crippen molar-refractivity contribution in [2.45, 2.75) is 24.9 Å². The van der Waals surface area contributed by atoms with Gasteiger partial charge in [-0.1, -0.05) is 13.0 Å². The van der Waals surface area contributed by atoms with Crippen molar-refractivity contribution >= 4 is 0 Å². The van der Waals surface area contributed by atoms with Crippen LogP contribution in [0.5, 0.6) is 23.0 Å². The summed E-state index contributed by atoms with van der Waals surface area (Å²) >= 11 is 0. The Bertz CT molecular complexity index is 785. The average Bonchev–Trinajstić information content (AvgIpc) is 3.36. The summed E-state index contributed by atoms with van der Waals surface area (Å²) in [7, 11) is 5.03. The molecule has 0 saturated heterocycles. The van der Waals surface area contributed by atoms with Crippen LogP contribution in [0.2, 0.25) is 0 Å². The fraction of sp³-hybridized carbons (Fsp3) is 0.400. The van der Waals surface area contributed by atoms with Crippen molar-refractivity contribution in [3.8, 4) is 23.0 Å². The van der Waals surface area contributed by atoms with Gasteiger partial charge in [-0.3, -0.25) is 0 Å². The summed E-state index contributed by atoms with van der Waals surface area (Å²) in [6, 6.07) is 12.1. The first-order valence-electron chi connectivity index (χ1n) is 8.22. The molecule has 2 aliphatic rings. The van der Waals surface area contributed by atoms with Crippen LogP contribution in [-0.2, 0) is 5.60 Å². The molecule has 1 saturated carbocycles. The van der Waals surface area contributed by atoms with Crippen LogP contribution in [0.4, 0.5) is 0 Å². The van der Waals surface area contributed by atoms with Crippen LogP contribution in [-0.4, -0.2) is 21.3 Å². The van der Waals surface area contributed by atoms with Crippen molar-refractivity contribution in [2.24, 2.45) is 5.92 Å². The molecule has 0 N–H and O–H groups in total. The highest BCUT2D eigenvalue weighted by Gasteiger charge is 2.64. The van der Waals surface area contributed by atoms with Crippen LogP contribution in [0.15, 0.2) is 36.4 Å². The van der Waals surface area contributed by atoms with Gasteiger partial charge in [-0.25, -0.2) is 0 Å². The van der Waals surface area contributed by atoms with E-state index in [2.05, 4.69) is 19.1 Å². The molecule has 126 valence electrons. The van der Waals surface area contributed by atoms with Crippen molar-refractivity contribution in [2.75, 3.05) is 21.3 Å². The largest absolute Gasteiger partial charge is 0.497 e. The molecular formula is C20H22O4. The molecular weight excluding hydrogens is 304 g/mol. The maximum Gasteiger partial charge on any atom is 0.142 e. The molecule has 4 nitrogen and oxygen atoms in total. The van der Waals surface area contributed by atoms with Crippen LogP contribution in [0.3, 0.4) is 0 Å². The van der Waals surface area contributed by atoms with E-state index < -0.39 is 0 Å². The number of fused-ring (bicyclic) bond motifs is 2. The zero-order chi connectivity index (χ0) is 16.9. The van der Waals surface area contributed by atoms with Gasteiger partial charge < -0.3 is 18.9 Å². The average molecular weight is 326 g/mol. The summed E-state index contributed by atoms with van der Waals surface area (Å²) in [5, 5.41) is 0. The van der Waals surface area contributed by atoms with Crippen LogP contribution < -0.4 is 18.9 Å². The molecule has 24 heavy (non-hydrogen) atoms. The van der Waals surface area contributed by atoms with Crippen LogP contribution >= 0.6 is 0 Å². The monoisotopic (exact) mass is 326 g/mol. The van der Waals surface area contributed by atoms with E-state index >= 15 is 0 Å². The fourth-order valence-electron chi connectivity index (χ4n) is 4.00. The standard InChI is InChI=1S/C20H22O4/c1-12-15-7-5-13(21-2)9-18(15)24-20(11-17(12)20)16-8-6-14(22-3)10-19(16)23-4/h5-10,12,17H,11H2,1-4H3. The molecule has 0 aromatic heterocycles. The van der Waals surface area contributed by atoms with Crippen LogP contribution in [0, 0.1) is 5.92 Å². The molecule has 4 heteroatoms. The summed E-state index contributed by atoms with van der Waals surface area (Å²) in [6.45, 7) is 2.27. The second kappa shape index (κ2) is 5.33. The van der Waals surface area contributed by atoms with E-state index in [0.717, 1.165) is 35.0 Å². The molecule has 3 unspecified atom stereocenters. The third-order valence-corrected chi connectivity index (χ3v) is 5.43. The predicted octanol–water partition coefficient (Wildman–Crippen LogP) is 4.12. The van der Waals surface area contributed by atoms with Gasteiger partial charge in [0.2, 0.25) is 0 Å². The first kappa shape index (κ1) is 15.2. The fourth-order valence-corrected chi connectivity index (χ4v) is 4.00. The second-order valence-corrected chi connectivity index (χ2v) is 6.56. The van der Waals surface area contributed by atoms with Crippen LogP contribution in [0.1, 0.15) is 30.4 Å². The van der Waals surface area contributed by atoms with E-state index in [0.29, 0.717) is 11.8 Å². The maximum absolute atomic E-state index is 6.51. The summed E-state index contributed by atoms with van der Waals surface area (Å²) in [4.78, 5) is 0. The van der Waals surface area contributed by atoms with Gasteiger partial charge in [0, 0.05) is 23.6 Å². The smallest absolute Gasteiger partial charge is 0.142 e. The lowest BCUT2D eigenvalue weighted by atomic mass is 9.88. The Kier molecular flexibility index (Phi) is 3.37. The number of ether oxygens (including phenoxy) is 4. The van der Waals surface area contributed by atoms with Crippen molar-refractivity contribution in [1.29, 1.82) is 0 Å². The lowest BCUT2D eigenvalue weighted by molar-refractivity contribution is 0.132. The predicted molar refractivity (Wildman–Crippen MR) is 91.4 cm³/mol. The van der Waals surface area contributed by atoms with E-state index in [-0.39, 0.29) is 5.60 Å². The lowest BCUT2D eigenvalue weighted by Crippen LogP contribution is -2.26. The van der Waals surface area contributed by atoms with E-state index in [1.54, 1.807) is 21.3 Å². The van der Waals surface area contributed by atoms with Gasteiger partial charge in [-0.15, -0.1) is 0 Å². The second-order valence-electron chi connectivity index (χ2n) is 6.56.